The van der Waals surface area contributed by atoms with Crippen molar-refractivity contribution >= 4 is 11.7 Å². The maximum atomic E-state index is 12.6. The van der Waals surface area contributed by atoms with E-state index in [0.29, 0.717) is 24.4 Å². The van der Waals surface area contributed by atoms with Crippen LogP contribution in [0, 0.1) is 0 Å². The molecule has 3 atom stereocenters. The van der Waals surface area contributed by atoms with Crippen LogP contribution < -0.4 is 5.32 Å². The molecule has 1 amide bonds. The molecule has 27 heavy (non-hydrogen) atoms. The molecule has 0 aliphatic carbocycles. The fourth-order valence-corrected chi connectivity index (χ4v) is 3.54. The molecular formula is C21H26N2O4. The Morgan fingerprint density at radius 3 is 2.67 bits per heavy atom. The van der Waals surface area contributed by atoms with Crippen LogP contribution in [-0.2, 0) is 14.3 Å². The van der Waals surface area contributed by atoms with Crippen LogP contribution in [0.5, 0.6) is 0 Å². The number of β-lactam (4-membered cyclic amide) rings is 1. The molecule has 0 saturated carbocycles. The van der Waals surface area contributed by atoms with Gasteiger partial charge in [-0.2, -0.15) is 0 Å². The fraction of sp³-hybridized carbons (Fsp3) is 0.429. The zero-order chi connectivity index (χ0) is 19.6. The molecule has 2 aliphatic rings. The summed E-state index contributed by atoms with van der Waals surface area (Å²) < 4.78 is 11.6. The number of hydrogen-bond acceptors (Lipinski definition) is 5. The molecular weight excluding hydrogens is 344 g/mol. The van der Waals surface area contributed by atoms with Gasteiger partial charge in [0, 0.05) is 23.9 Å². The highest BCUT2D eigenvalue weighted by atomic mass is 16.7. The first-order valence-corrected chi connectivity index (χ1v) is 9.10. The molecule has 0 aromatic heterocycles. The van der Waals surface area contributed by atoms with Crippen molar-refractivity contribution in [3.05, 3.63) is 60.3 Å². The smallest absolute Gasteiger partial charge is 0.248 e. The van der Waals surface area contributed by atoms with E-state index < -0.39 is 11.8 Å². The maximum absolute atomic E-state index is 12.6. The Morgan fingerprint density at radius 1 is 1.37 bits per heavy atom. The van der Waals surface area contributed by atoms with Gasteiger partial charge in [0.15, 0.2) is 11.6 Å². The van der Waals surface area contributed by atoms with E-state index in [-0.39, 0.29) is 23.8 Å². The molecule has 1 N–H and O–H groups in total. The van der Waals surface area contributed by atoms with E-state index in [4.69, 9.17) is 9.47 Å². The van der Waals surface area contributed by atoms with Crippen LogP contribution in [0.2, 0.25) is 0 Å². The molecule has 0 spiro atoms. The highest BCUT2D eigenvalue weighted by molar-refractivity contribution is 6.04. The van der Waals surface area contributed by atoms with Gasteiger partial charge in [-0.15, -0.1) is 6.58 Å². The van der Waals surface area contributed by atoms with Crippen LogP contribution in [0.25, 0.3) is 0 Å². The number of amides is 1. The number of rotatable bonds is 7. The van der Waals surface area contributed by atoms with Gasteiger partial charge in [-0.25, -0.2) is 0 Å². The summed E-state index contributed by atoms with van der Waals surface area (Å²) >= 11 is 0. The molecule has 0 bridgehead atoms. The van der Waals surface area contributed by atoms with Crippen molar-refractivity contribution < 1.29 is 19.1 Å². The second kappa shape index (κ2) is 7.66. The lowest BCUT2D eigenvalue weighted by Gasteiger charge is -2.49. The minimum atomic E-state index is -0.665. The monoisotopic (exact) mass is 370 g/mol. The van der Waals surface area contributed by atoms with Gasteiger partial charge >= 0.3 is 0 Å². The lowest BCUT2D eigenvalue weighted by molar-refractivity contribution is -0.172. The van der Waals surface area contributed by atoms with Crippen LogP contribution >= 0.6 is 0 Å². The number of allylic oxidation sites excluding steroid dienone is 2. The number of nitrogens with one attached hydrogen (secondary N) is 1. The van der Waals surface area contributed by atoms with E-state index in [2.05, 4.69) is 11.9 Å². The average molecular weight is 370 g/mol. The second-order valence-corrected chi connectivity index (χ2v) is 7.32. The Kier molecular flexibility index (Phi) is 5.48. The molecule has 1 aromatic rings. The first kappa shape index (κ1) is 19.3. The average Bonchev–Trinajstić information content (AvgIpc) is 3.00. The SMILES string of the molecule is C=CCN1C(=O)[C@@H](N/C(C)=C/C(=O)c2ccccc2)[C@H]1[C@@H]1COC(C)(C)O1. The van der Waals surface area contributed by atoms with Crippen LogP contribution in [0.4, 0.5) is 0 Å². The highest BCUT2D eigenvalue weighted by Gasteiger charge is 2.54. The van der Waals surface area contributed by atoms with Crippen LogP contribution in [0.15, 0.2) is 54.8 Å². The first-order valence-electron chi connectivity index (χ1n) is 9.10. The van der Waals surface area contributed by atoms with Crippen molar-refractivity contribution in [2.24, 2.45) is 0 Å². The lowest BCUT2D eigenvalue weighted by atomic mass is 9.89. The third-order valence-electron chi connectivity index (χ3n) is 4.78. The Balaban J connectivity index is 1.72. The number of hydrogen-bond donors (Lipinski definition) is 1. The van der Waals surface area contributed by atoms with Gasteiger partial charge in [-0.1, -0.05) is 36.4 Å². The normalized spacial score (nSPS) is 27.2. The van der Waals surface area contributed by atoms with Crippen molar-refractivity contribution in [2.75, 3.05) is 13.2 Å². The molecule has 2 saturated heterocycles. The summed E-state index contributed by atoms with van der Waals surface area (Å²) in [5.41, 5.74) is 1.25. The Bertz CT molecular complexity index is 757. The standard InChI is InChI=1S/C21H26N2O4/c1-5-11-23-19(17-13-26-21(3,4)27-17)18(20(23)25)22-14(2)12-16(24)15-9-7-6-8-10-15/h5-10,12,17-19,22H,1,11,13H2,2-4H3/b14-12+/t17-,18-,19+/m0/s1. The third kappa shape index (κ3) is 4.12. The summed E-state index contributed by atoms with van der Waals surface area (Å²) in [5, 5.41) is 3.19. The molecule has 0 unspecified atom stereocenters. The van der Waals surface area contributed by atoms with Crippen molar-refractivity contribution in [2.45, 2.75) is 44.7 Å². The molecule has 144 valence electrons. The Morgan fingerprint density at radius 2 is 2.07 bits per heavy atom. The molecule has 6 nitrogen and oxygen atoms in total. The van der Waals surface area contributed by atoms with Crippen LogP contribution in [0.3, 0.4) is 0 Å². The summed E-state index contributed by atoms with van der Waals surface area (Å²) in [7, 11) is 0. The summed E-state index contributed by atoms with van der Waals surface area (Å²) in [6.45, 7) is 10.1. The van der Waals surface area contributed by atoms with E-state index in [1.165, 1.54) is 6.08 Å². The van der Waals surface area contributed by atoms with Gasteiger partial charge < -0.3 is 19.7 Å². The summed E-state index contributed by atoms with van der Waals surface area (Å²) in [6.07, 6.45) is 2.99. The molecule has 2 fully saturated rings. The van der Waals surface area contributed by atoms with Gasteiger partial charge in [0.25, 0.3) is 0 Å². The van der Waals surface area contributed by atoms with Gasteiger partial charge in [-0.3, -0.25) is 9.59 Å². The quantitative estimate of drug-likeness (QED) is 0.345. The van der Waals surface area contributed by atoms with E-state index >= 15 is 0 Å². The van der Waals surface area contributed by atoms with Crippen molar-refractivity contribution in [1.29, 1.82) is 0 Å². The highest BCUT2D eigenvalue weighted by Crippen LogP contribution is 2.33. The minimum absolute atomic E-state index is 0.0342. The number of carbonyl (C=O) groups is 2. The Labute approximate surface area is 159 Å². The van der Waals surface area contributed by atoms with E-state index in [0.717, 1.165) is 0 Å². The molecule has 0 radical (unpaired) electrons. The van der Waals surface area contributed by atoms with Gasteiger partial charge in [-0.05, 0) is 20.8 Å². The summed E-state index contributed by atoms with van der Waals surface area (Å²) in [4.78, 5) is 26.7. The number of benzene rings is 1. The topological polar surface area (TPSA) is 67.9 Å². The second-order valence-electron chi connectivity index (χ2n) is 7.32. The number of ketones is 1. The number of nitrogens with zero attached hydrogens (tertiary/aromatic N) is 1. The van der Waals surface area contributed by atoms with Gasteiger partial charge in [0.05, 0.1) is 12.6 Å². The number of carbonyl (C=O) groups excluding carboxylic acids is 2. The van der Waals surface area contributed by atoms with Crippen molar-refractivity contribution in [1.82, 2.24) is 10.2 Å². The number of ether oxygens (including phenoxy) is 2. The molecule has 6 heteroatoms. The molecule has 1 aromatic carbocycles. The zero-order valence-electron chi connectivity index (χ0n) is 16.0. The van der Waals surface area contributed by atoms with Gasteiger partial charge in [0.1, 0.15) is 12.1 Å². The minimum Gasteiger partial charge on any atom is -0.375 e. The van der Waals surface area contributed by atoms with Crippen molar-refractivity contribution in [3.8, 4) is 0 Å². The maximum Gasteiger partial charge on any atom is 0.248 e. The first-order chi connectivity index (χ1) is 12.8. The van der Waals surface area contributed by atoms with E-state index in [9.17, 15) is 9.59 Å². The van der Waals surface area contributed by atoms with Crippen LogP contribution in [0.1, 0.15) is 31.1 Å². The van der Waals surface area contributed by atoms with E-state index in [1.54, 1.807) is 30.0 Å². The zero-order valence-corrected chi connectivity index (χ0v) is 16.0. The predicted molar refractivity (Wildman–Crippen MR) is 102 cm³/mol. The molecule has 2 aliphatic heterocycles. The summed E-state index contributed by atoms with van der Waals surface area (Å²) in [5.74, 6) is -0.802. The van der Waals surface area contributed by atoms with Crippen LogP contribution in [-0.4, -0.2) is 53.7 Å². The number of likely N-dealkylation sites (tertiary alicyclic amines) is 1. The fourth-order valence-electron chi connectivity index (χ4n) is 3.54. The largest absolute Gasteiger partial charge is 0.375 e. The summed E-state index contributed by atoms with van der Waals surface area (Å²) in [6, 6.07) is 8.41. The van der Waals surface area contributed by atoms with E-state index in [1.807, 2.05) is 32.0 Å². The van der Waals surface area contributed by atoms with Crippen molar-refractivity contribution in [3.63, 3.8) is 0 Å². The lowest BCUT2D eigenvalue weighted by Crippen LogP contribution is -2.73. The van der Waals surface area contributed by atoms with Gasteiger partial charge in [0.2, 0.25) is 5.91 Å². The molecule has 3 rings (SSSR count). The third-order valence-corrected chi connectivity index (χ3v) is 4.78. The molecule has 2 heterocycles. The predicted octanol–water partition coefficient (Wildman–Crippen LogP) is 2.28. The Hall–Kier alpha value is -2.44.